The Kier molecular flexibility index (Phi) is 2.90. The summed E-state index contributed by atoms with van der Waals surface area (Å²) in [5, 5.41) is 15.0. The molecule has 0 bridgehead atoms. The first-order valence-electron chi connectivity index (χ1n) is 7.36. The maximum absolute atomic E-state index is 10.5. The van der Waals surface area contributed by atoms with Gasteiger partial charge in [-0.05, 0) is 37.4 Å². The van der Waals surface area contributed by atoms with Crippen molar-refractivity contribution in [2.75, 3.05) is 0 Å². The lowest BCUT2D eigenvalue weighted by Crippen LogP contribution is -2.16. The Bertz CT molecular complexity index is 919. The smallest absolute Gasteiger partial charge is 0.0953 e. The van der Waals surface area contributed by atoms with Crippen LogP contribution in [0.3, 0.4) is 0 Å². The van der Waals surface area contributed by atoms with E-state index in [0.29, 0.717) is 0 Å². The molecule has 1 N–H and O–H groups in total. The highest BCUT2D eigenvalue weighted by molar-refractivity contribution is 7.10. The lowest BCUT2D eigenvalue weighted by molar-refractivity contribution is 0.0826. The number of hydrogen-bond donors (Lipinski definition) is 1. The summed E-state index contributed by atoms with van der Waals surface area (Å²) in [5.74, 6) is 0. The quantitative estimate of drug-likeness (QED) is 0.549. The van der Waals surface area contributed by atoms with Crippen molar-refractivity contribution in [3.05, 3.63) is 64.9 Å². The number of aromatic nitrogens is 1. The molecule has 0 saturated carbocycles. The molecule has 3 heteroatoms. The number of fused-ring (bicyclic) bond motifs is 3. The Balaban J connectivity index is 2.17. The van der Waals surface area contributed by atoms with Crippen LogP contribution in [0, 0.1) is 0 Å². The van der Waals surface area contributed by atoms with Crippen molar-refractivity contribution >= 4 is 33.1 Å². The number of rotatable bonds is 2. The SMILES string of the molecule is CC(C)(O)c1sccc1-n1c2ccccc2c2ccccc21. The first-order valence-corrected chi connectivity index (χ1v) is 8.24. The zero-order valence-electron chi connectivity index (χ0n) is 12.6. The Morgan fingerprint density at radius 3 is 1.95 bits per heavy atom. The molecule has 0 saturated heterocycles. The molecule has 0 radical (unpaired) electrons. The van der Waals surface area contributed by atoms with E-state index in [4.69, 9.17) is 0 Å². The molecule has 0 aliphatic rings. The second-order valence-electron chi connectivity index (χ2n) is 6.06. The third-order valence-electron chi connectivity index (χ3n) is 4.02. The van der Waals surface area contributed by atoms with Crippen molar-refractivity contribution in [1.82, 2.24) is 4.57 Å². The highest BCUT2D eigenvalue weighted by Gasteiger charge is 2.24. The monoisotopic (exact) mass is 307 g/mol. The van der Waals surface area contributed by atoms with E-state index in [0.717, 1.165) is 10.6 Å². The van der Waals surface area contributed by atoms with Gasteiger partial charge in [0.05, 0.1) is 27.2 Å². The van der Waals surface area contributed by atoms with Gasteiger partial charge in [-0.15, -0.1) is 11.3 Å². The fourth-order valence-corrected chi connectivity index (χ4v) is 4.02. The summed E-state index contributed by atoms with van der Waals surface area (Å²) in [4.78, 5) is 0.985. The maximum Gasteiger partial charge on any atom is 0.0953 e. The fourth-order valence-electron chi connectivity index (χ4n) is 3.12. The molecule has 4 rings (SSSR count). The molecule has 0 aliphatic heterocycles. The van der Waals surface area contributed by atoms with Crippen molar-refractivity contribution in [3.63, 3.8) is 0 Å². The zero-order chi connectivity index (χ0) is 15.3. The molecule has 0 amide bonds. The predicted octanol–water partition coefficient (Wildman–Crippen LogP) is 5.07. The number of benzene rings is 2. The lowest BCUT2D eigenvalue weighted by Gasteiger charge is -2.19. The molecular weight excluding hydrogens is 290 g/mol. The Morgan fingerprint density at radius 1 is 0.864 bits per heavy atom. The van der Waals surface area contributed by atoms with Crippen LogP contribution in [0.25, 0.3) is 27.5 Å². The minimum Gasteiger partial charge on any atom is -0.385 e. The van der Waals surface area contributed by atoms with Gasteiger partial charge in [0.2, 0.25) is 0 Å². The van der Waals surface area contributed by atoms with E-state index in [2.05, 4.69) is 59.2 Å². The topological polar surface area (TPSA) is 25.2 Å². The van der Waals surface area contributed by atoms with Gasteiger partial charge >= 0.3 is 0 Å². The first kappa shape index (κ1) is 13.6. The molecule has 0 unspecified atom stereocenters. The van der Waals surface area contributed by atoms with Gasteiger partial charge < -0.3 is 9.67 Å². The summed E-state index contributed by atoms with van der Waals surface area (Å²) in [5.41, 5.74) is 2.56. The van der Waals surface area contributed by atoms with Gasteiger partial charge in [-0.1, -0.05) is 36.4 Å². The fraction of sp³-hybridized carbons (Fsp3) is 0.158. The summed E-state index contributed by atoms with van der Waals surface area (Å²) >= 11 is 1.60. The second-order valence-corrected chi connectivity index (χ2v) is 6.98. The lowest BCUT2D eigenvalue weighted by atomic mass is 10.1. The van der Waals surface area contributed by atoms with Crippen molar-refractivity contribution in [2.24, 2.45) is 0 Å². The van der Waals surface area contributed by atoms with Crippen LogP contribution < -0.4 is 0 Å². The van der Waals surface area contributed by atoms with Crippen LogP contribution in [0.15, 0.2) is 60.0 Å². The molecule has 2 heterocycles. The van der Waals surface area contributed by atoms with Gasteiger partial charge in [0, 0.05) is 10.8 Å². The van der Waals surface area contributed by atoms with Gasteiger partial charge in [-0.3, -0.25) is 0 Å². The Hall–Kier alpha value is -2.10. The van der Waals surface area contributed by atoms with Gasteiger partial charge in [0.25, 0.3) is 0 Å². The van der Waals surface area contributed by atoms with Crippen LogP contribution in [-0.4, -0.2) is 9.67 Å². The van der Waals surface area contributed by atoms with Crippen LogP contribution in [0.4, 0.5) is 0 Å². The molecule has 0 spiro atoms. The van der Waals surface area contributed by atoms with E-state index in [-0.39, 0.29) is 0 Å². The molecular formula is C19H17NOS. The van der Waals surface area contributed by atoms with E-state index in [1.807, 2.05) is 19.2 Å². The minimum absolute atomic E-state index is 0.851. The summed E-state index contributed by atoms with van der Waals surface area (Å²) in [6.07, 6.45) is 0. The van der Waals surface area contributed by atoms with Gasteiger partial charge in [0.1, 0.15) is 0 Å². The molecule has 4 aromatic rings. The molecule has 0 fully saturated rings. The normalized spacial score (nSPS) is 12.3. The summed E-state index contributed by atoms with van der Waals surface area (Å²) in [7, 11) is 0. The van der Waals surface area contributed by atoms with Crippen LogP contribution >= 0.6 is 11.3 Å². The third-order valence-corrected chi connectivity index (χ3v) is 5.24. The standard InChI is InChI=1S/C19H17NOS/c1-19(2,21)18-17(11-12-22-18)20-15-9-5-3-7-13(15)14-8-4-6-10-16(14)20/h3-12,21H,1-2H3. The largest absolute Gasteiger partial charge is 0.385 e. The number of thiophene rings is 1. The first-order chi connectivity index (χ1) is 10.6. The van der Waals surface area contributed by atoms with Crippen molar-refractivity contribution < 1.29 is 5.11 Å². The molecule has 0 atom stereocenters. The van der Waals surface area contributed by atoms with Gasteiger partial charge in [-0.25, -0.2) is 0 Å². The predicted molar refractivity (Wildman–Crippen MR) is 93.9 cm³/mol. The van der Waals surface area contributed by atoms with Crippen LogP contribution in [0.5, 0.6) is 0 Å². The van der Waals surface area contributed by atoms with Crippen LogP contribution in [0.1, 0.15) is 18.7 Å². The number of para-hydroxylation sites is 2. The summed E-state index contributed by atoms with van der Waals surface area (Å²) < 4.78 is 2.26. The van der Waals surface area contributed by atoms with Gasteiger partial charge in [-0.2, -0.15) is 0 Å². The Morgan fingerprint density at radius 2 is 1.41 bits per heavy atom. The zero-order valence-corrected chi connectivity index (χ0v) is 13.4. The number of nitrogens with zero attached hydrogens (tertiary/aromatic N) is 1. The molecule has 2 aromatic heterocycles. The Labute approximate surface area is 133 Å². The maximum atomic E-state index is 10.5. The van der Waals surface area contributed by atoms with Gasteiger partial charge in [0.15, 0.2) is 0 Å². The highest BCUT2D eigenvalue weighted by Crippen LogP contribution is 2.37. The van der Waals surface area contributed by atoms with E-state index in [1.54, 1.807) is 11.3 Å². The van der Waals surface area contributed by atoms with Crippen molar-refractivity contribution in [1.29, 1.82) is 0 Å². The van der Waals surface area contributed by atoms with Crippen molar-refractivity contribution in [2.45, 2.75) is 19.4 Å². The average molecular weight is 307 g/mol. The molecule has 22 heavy (non-hydrogen) atoms. The molecule has 0 aliphatic carbocycles. The molecule has 2 nitrogen and oxygen atoms in total. The van der Waals surface area contributed by atoms with E-state index < -0.39 is 5.60 Å². The molecule has 110 valence electrons. The minimum atomic E-state index is -0.851. The summed E-state index contributed by atoms with van der Waals surface area (Å²) in [6.45, 7) is 3.69. The van der Waals surface area contributed by atoms with E-state index in [9.17, 15) is 5.11 Å². The van der Waals surface area contributed by atoms with E-state index in [1.165, 1.54) is 21.8 Å². The number of hydrogen-bond acceptors (Lipinski definition) is 2. The number of aliphatic hydroxyl groups is 1. The highest BCUT2D eigenvalue weighted by atomic mass is 32.1. The van der Waals surface area contributed by atoms with E-state index >= 15 is 0 Å². The second kappa shape index (κ2) is 4.70. The third kappa shape index (κ3) is 1.90. The van der Waals surface area contributed by atoms with Crippen LogP contribution in [0.2, 0.25) is 0 Å². The molecule has 2 aromatic carbocycles. The summed E-state index contributed by atoms with van der Waals surface area (Å²) in [6, 6.07) is 19.0. The van der Waals surface area contributed by atoms with Crippen molar-refractivity contribution in [3.8, 4) is 5.69 Å². The average Bonchev–Trinajstić information content (AvgIpc) is 3.08. The van der Waals surface area contributed by atoms with Crippen LogP contribution in [-0.2, 0) is 5.60 Å².